The number of fused-ring (bicyclic) bond motifs is 1. The van der Waals surface area contributed by atoms with E-state index in [0.29, 0.717) is 12.0 Å². The number of hydrogen-bond acceptors (Lipinski definition) is 7. The summed E-state index contributed by atoms with van der Waals surface area (Å²) in [5.74, 6) is -1.29. The van der Waals surface area contributed by atoms with Gasteiger partial charge in [0.05, 0.1) is 12.2 Å². The quantitative estimate of drug-likeness (QED) is 0.639. The van der Waals surface area contributed by atoms with Crippen LogP contribution in [0.2, 0.25) is 0 Å². The minimum atomic E-state index is -4.64. The molecule has 2 N–H and O–H groups in total. The number of alkyl halides is 3. The summed E-state index contributed by atoms with van der Waals surface area (Å²) in [6, 6.07) is 0.867. The van der Waals surface area contributed by atoms with Crippen molar-refractivity contribution in [2.24, 2.45) is 11.7 Å². The van der Waals surface area contributed by atoms with Crippen molar-refractivity contribution in [3.05, 3.63) is 33.8 Å². The van der Waals surface area contributed by atoms with Crippen molar-refractivity contribution in [3.8, 4) is 11.4 Å². The van der Waals surface area contributed by atoms with Crippen molar-refractivity contribution in [1.29, 1.82) is 0 Å². The first-order valence-electron chi connectivity index (χ1n) is 10.9. The second kappa shape index (κ2) is 9.41. The van der Waals surface area contributed by atoms with E-state index in [1.54, 1.807) is 23.8 Å². The van der Waals surface area contributed by atoms with Gasteiger partial charge in [-0.25, -0.2) is 9.97 Å². The fraction of sp³-hybridized carbons (Fsp3) is 0.500. The molecule has 0 spiro atoms. The molecule has 1 saturated heterocycles. The molecule has 12 heteroatoms. The molecule has 34 heavy (non-hydrogen) atoms. The van der Waals surface area contributed by atoms with Crippen molar-refractivity contribution < 1.29 is 27.6 Å². The minimum absolute atomic E-state index is 0.00155. The Labute approximate surface area is 198 Å². The number of hydrogen-bond donors (Lipinski definition) is 1. The molecule has 2 aliphatic heterocycles. The topological polar surface area (TPSA) is 109 Å². The van der Waals surface area contributed by atoms with Gasteiger partial charge in [-0.3, -0.25) is 19.3 Å². The van der Waals surface area contributed by atoms with Crippen molar-refractivity contribution in [3.63, 3.8) is 0 Å². The number of carbonyl (C=O) groups is 3. The number of nitrogens with two attached hydrogens (primary N) is 1. The van der Waals surface area contributed by atoms with Crippen LogP contribution in [0.3, 0.4) is 0 Å². The molecule has 4 heterocycles. The Hall–Kier alpha value is -2.86. The zero-order valence-corrected chi connectivity index (χ0v) is 19.3. The summed E-state index contributed by atoms with van der Waals surface area (Å²) >= 11 is 1.32. The first kappa shape index (κ1) is 24.3. The van der Waals surface area contributed by atoms with Crippen molar-refractivity contribution >= 4 is 29.1 Å². The lowest BCUT2D eigenvalue weighted by Gasteiger charge is -2.32. The number of amides is 3. The van der Waals surface area contributed by atoms with E-state index < -0.39 is 17.9 Å². The third kappa shape index (κ3) is 4.97. The highest BCUT2D eigenvalue weighted by Gasteiger charge is 2.39. The summed E-state index contributed by atoms with van der Waals surface area (Å²) in [7, 11) is 0. The van der Waals surface area contributed by atoms with Crippen LogP contribution in [-0.2, 0) is 33.5 Å². The molecule has 1 fully saturated rings. The molecule has 4 rings (SSSR count). The van der Waals surface area contributed by atoms with E-state index in [4.69, 9.17) is 5.73 Å². The van der Waals surface area contributed by atoms with Crippen LogP contribution in [0.5, 0.6) is 0 Å². The van der Waals surface area contributed by atoms with E-state index >= 15 is 0 Å². The molecule has 0 radical (unpaired) electrons. The van der Waals surface area contributed by atoms with Gasteiger partial charge in [0.1, 0.15) is 0 Å². The van der Waals surface area contributed by atoms with E-state index in [-0.39, 0.29) is 79.6 Å². The maximum absolute atomic E-state index is 13.7. The second-order valence-corrected chi connectivity index (χ2v) is 9.42. The van der Waals surface area contributed by atoms with Crippen LogP contribution in [0.25, 0.3) is 11.4 Å². The Morgan fingerprint density at radius 1 is 1.29 bits per heavy atom. The molecule has 182 valence electrons. The number of piperidine rings is 1. The SMILES string of the molecule is CC1CCC(=O)N(C[C@@H](N)CC(=O)N2CCc3c(nc(-c4ccsc4)nc3C(F)(F)F)C2)C1=O. The van der Waals surface area contributed by atoms with Gasteiger partial charge < -0.3 is 10.6 Å². The third-order valence-electron chi connectivity index (χ3n) is 6.10. The average molecular weight is 496 g/mol. The number of likely N-dealkylation sites (tertiary alicyclic amines) is 1. The highest BCUT2D eigenvalue weighted by molar-refractivity contribution is 7.08. The Morgan fingerprint density at radius 3 is 2.74 bits per heavy atom. The Bertz CT molecular complexity index is 1110. The Morgan fingerprint density at radius 2 is 2.06 bits per heavy atom. The van der Waals surface area contributed by atoms with Crippen LogP contribution in [0.15, 0.2) is 16.8 Å². The van der Waals surface area contributed by atoms with Crippen molar-refractivity contribution in [1.82, 2.24) is 19.8 Å². The summed E-state index contributed by atoms with van der Waals surface area (Å²) in [4.78, 5) is 47.9. The van der Waals surface area contributed by atoms with E-state index in [2.05, 4.69) is 9.97 Å². The van der Waals surface area contributed by atoms with Gasteiger partial charge >= 0.3 is 6.18 Å². The van der Waals surface area contributed by atoms with Gasteiger partial charge in [0.25, 0.3) is 0 Å². The summed E-state index contributed by atoms with van der Waals surface area (Å²) < 4.78 is 41.1. The molecular weight excluding hydrogens is 471 g/mol. The highest BCUT2D eigenvalue weighted by atomic mass is 32.1. The van der Waals surface area contributed by atoms with Gasteiger partial charge in [-0.2, -0.15) is 24.5 Å². The normalized spacial score (nSPS) is 19.9. The molecule has 2 aromatic rings. The maximum atomic E-state index is 13.7. The first-order valence-corrected chi connectivity index (χ1v) is 11.9. The third-order valence-corrected chi connectivity index (χ3v) is 6.78. The monoisotopic (exact) mass is 495 g/mol. The molecule has 2 atom stereocenters. The fourth-order valence-corrected chi connectivity index (χ4v) is 4.86. The number of thiophene rings is 1. The van der Waals surface area contributed by atoms with Gasteiger partial charge in [0.2, 0.25) is 17.7 Å². The molecule has 0 aromatic carbocycles. The lowest BCUT2D eigenvalue weighted by Crippen LogP contribution is -2.50. The molecule has 2 aromatic heterocycles. The number of aromatic nitrogens is 2. The molecule has 0 saturated carbocycles. The fourth-order valence-electron chi connectivity index (χ4n) is 4.23. The van der Waals surface area contributed by atoms with Gasteiger partial charge in [0, 0.05) is 54.4 Å². The number of rotatable bonds is 5. The molecule has 1 unspecified atom stereocenters. The summed E-state index contributed by atoms with van der Waals surface area (Å²) in [6.07, 6.45) is -4.07. The predicted octanol–water partition coefficient (Wildman–Crippen LogP) is 2.61. The zero-order chi connectivity index (χ0) is 24.6. The lowest BCUT2D eigenvalue weighted by atomic mass is 9.97. The van der Waals surface area contributed by atoms with Crippen molar-refractivity contribution in [2.75, 3.05) is 13.1 Å². The lowest BCUT2D eigenvalue weighted by molar-refractivity contribution is -0.152. The molecule has 0 aliphatic carbocycles. The first-order chi connectivity index (χ1) is 16.0. The predicted molar refractivity (Wildman–Crippen MR) is 117 cm³/mol. The van der Waals surface area contributed by atoms with E-state index in [1.165, 1.54) is 16.2 Å². The Kier molecular flexibility index (Phi) is 6.72. The average Bonchev–Trinajstić information content (AvgIpc) is 3.32. The van der Waals surface area contributed by atoms with E-state index in [1.807, 2.05) is 0 Å². The van der Waals surface area contributed by atoms with Crippen LogP contribution in [-0.4, -0.2) is 56.6 Å². The van der Waals surface area contributed by atoms with E-state index in [0.717, 1.165) is 4.90 Å². The maximum Gasteiger partial charge on any atom is 0.433 e. The summed E-state index contributed by atoms with van der Waals surface area (Å²) in [5.41, 5.74) is 5.74. The van der Waals surface area contributed by atoms with Gasteiger partial charge in [0.15, 0.2) is 11.5 Å². The van der Waals surface area contributed by atoms with E-state index in [9.17, 15) is 27.6 Å². The van der Waals surface area contributed by atoms with Crippen molar-refractivity contribution in [2.45, 2.75) is 51.4 Å². The van der Waals surface area contributed by atoms with Crippen LogP contribution >= 0.6 is 11.3 Å². The minimum Gasteiger partial charge on any atom is -0.336 e. The summed E-state index contributed by atoms with van der Waals surface area (Å²) in [5, 5.41) is 3.39. The smallest absolute Gasteiger partial charge is 0.336 e. The van der Waals surface area contributed by atoms with Crippen LogP contribution in [0, 0.1) is 5.92 Å². The van der Waals surface area contributed by atoms with Crippen LogP contribution in [0.1, 0.15) is 43.1 Å². The highest BCUT2D eigenvalue weighted by Crippen LogP contribution is 2.35. The summed E-state index contributed by atoms with van der Waals surface area (Å²) in [6.45, 7) is 1.65. The largest absolute Gasteiger partial charge is 0.433 e. The number of imide groups is 1. The second-order valence-electron chi connectivity index (χ2n) is 8.64. The van der Waals surface area contributed by atoms with Gasteiger partial charge in [-0.1, -0.05) is 6.92 Å². The number of nitrogens with zero attached hydrogens (tertiary/aromatic N) is 4. The van der Waals surface area contributed by atoms with Gasteiger partial charge in [-0.15, -0.1) is 0 Å². The number of halogens is 3. The molecular formula is C22H24F3N5O3S. The number of carbonyl (C=O) groups excluding carboxylic acids is 3. The molecule has 8 nitrogen and oxygen atoms in total. The molecule has 2 aliphatic rings. The van der Waals surface area contributed by atoms with Gasteiger partial charge in [-0.05, 0) is 24.3 Å². The zero-order valence-electron chi connectivity index (χ0n) is 18.5. The van der Waals surface area contributed by atoms with Crippen LogP contribution < -0.4 is 5.73 Å². The Balaban J connectivity index is 1.49. The molecule has 0 bridgehead atoms. The molecule has 3 amide bonds. The van der Waals surface area contributed by atoms with Crippen LogP contribution in [0.4, 0.5) is 13.2 Å². The standard InChI is InChI=1S/C22H24F3N5O3S/c1-12-2-3-17(31)30(21(12)33)9-14(26)8-18(32)29-6-4-15-16(10-29)27-20(13-5-7-34-11-13)28-19(15)22(23,24)25/h5,7,11-12,14H,2-4,6,8-10,26H2,1H3/t12?,14-/m0/s1.